The number of carbonyl (C=O) groups excluding carboxylic acids is 1. The molecule has 1 aromatic carbocycles. The number of benzene rings is 1. The zero-order chi connectivity index (χ0) is 20.4. The van der Waals surface area contributed by atoms with Gasteiger partial charge in [-0.3, -0.25) is 4.79 Å². The van der Waals surface area contributed by atoms with E-state index < -0.39 is 16.1 Å². The van der Waals surface area contributed by atoms with E-state index in [1.807, 2.05) is 4.90 Å². The molecule has 1 saturated heterocycles. The Kier molecular flexibility index (Phi) is 5.51. The molecular weight excluding hydrogens is 396 g/mol. The average Bonchev–Trinajstić information content (AvgIpc) is 3.26. The van der Waals surface area contributed by atoms with E-state index in [0.29, 0.717) is 17.3 Å². The normalized spacial score (nSPS) is 19.4. The summed E-state index contributed by atoms with van der Waals surface area (Å²) >= 11 is 0. The summed E-state index contributed by atoms with van der Waals surface area (Å²) in [4.78, 5) is 14.5. The van der Waals surface area contributed by atoms with Crippen LogP contribution in [-0.2, 0) is 21.4 Å². The fraction of sp³-hybridized carbons (Fsp3) is 0.450. The first kappa shape index (κ1) is 19.8. The number of nitrogens with zero attached hydrogens (tertiary/aromatic N) is 2. The molecule has 0 bridgehead atoms. The first-order chi connectivity index (χ1) is 13.9. The first-order valence-electron chi connectivity index (χ1n) is 9.66. The second-order valence-electron chi connectivity index (χ2n) is 7.25. The summed E-state index contributed by atoms with van der Waals surface area (Å²) in [6.45, 7) is 1.67. The van der Waals surface area contributed by atoms with Crippen LogP contribution < -0.4 is 9.47 Å². The predicted molar refractivity (Wildman–Crippen MR) is 104 cm³/mol. The van der Waals surface area contributed by atoms with Gasteiger partial charge in [-0.05, 0) is 43.5 Å². The summed E-state index contributed by atoms with van der Waals surface area (Å²) in [7, 11) is -2.24. The van der Waals surface area contributed by atoms with E-state index in [1.165, 1.54) is 29.7 Å². The van der Waals surface area contributed by atoms with Crippen LogP contribution in [0.1, 0.15) is 25.0 Å². The Morgan fingerprint density at radius 2 is 1.97 bits per heavy atom. The maximum absolute atomic E-state index is 12.9. The van der Waals surface area contributed by atoms with E-state index in [9.17, 15) is 13.2 Å². The summed E-state index contributed by atoms with van der Waals surface area (Å²) in [6.07, 6.45) is 3.94. The maximum Gasteiger partial charge on any atom is 0.267 e. The molecule has 8 nitrogen and oxygen atoms in total. The summed E-state index contributed by atoms with van der Waals surface area (Å²) < 4.78 is 43.6. The maximum atomic E-state index is 12.9. The highest BCUT2D eigenvalue weighted by Gasteiger charge is 2.33. The van der Waals surface area contributed by atoms with E-state index in [1.54, 1.807) is 18.2 Å². The molecule has 0 radical (unpaired) electrons. The SMILES string of the molecule is CN(Cc1ccco1)S(=O)(=O)c1ccc2c(c1)OC[C@@H](C(=O)N1CCCCC1)O2. The van der Waals surface area contributed by atoms with E-state index in [2.05, 4.69) is 0 Å². The van der Waals surface area contributed by atoms with Crippen LogP contribution in [0.25, 0.3) is 0 Å². The molecule has 0 saturated carbocycles. The number of hydrogen-bond acceptors (Lipinski definition) is 6. The standard InChI is InChI=1S/C20H24N2O6S/c1-21(13-15-6-5-11-26-15)29(24,25)16-7-8-17-18(12-16)27-14-19(28-17)20(23)22-9-3-2-4-10-22/h5-8,11-12,19H,2-4,9-10,13-14H2,1H3/t19-/m0/s1. The molecule has 1 amide bonds. The second kappa shape index (κ2) is 8.08. The highest BCUT2D eigenvalue weighted by molar-refractivity contribution is 7.89. The minimum atomic E-state index is -3.73. The van der Waals surface area contributed by atoms with Gasteiger partial charge in [0.05, 0.1) is 17.7 Å². The number of likely N-dealkylation sites (tertiary alicyclic amines) is 1. The summed E-state index contributed by atoms with van der Waals surface area (Å²) in [5, 5.41) is 0. The zero-order valence-corrected chi connectivity index (χ0v) is 17.1. The molecule has 1 aromatic heterocycles. The van der Waals surface area contributed by atoms with Crippen LogP contribution >= 0.6 is 0 Å². The molecule has 29 heavy (non-hydrogen) atoms. The van der Waals surface area contributed by atoms with E-state index in [0.717, 1.165) is 32.4 Å². The number of rotatable bonds is 5. The predicted octanol–water partition coefficient (Wildman–Crippen LogP) is 2.25. The molecular formula is C20H24N2O6S. The quantitative estimate of drug-likeness (QED) is 0.737. The van der Waals surface area contributed by atoms with Crippen LogP contribution in [0.2, 0.25) is 0 Å². The lowest BCUT2D eigenvalue weighted by Gasteiger charge is -2.32. The zero-order valence-electron chi connectivity index (χ0n) is 16.2. The van der Waals surface area contributed by atoms with Crippen LogP contribution in [-0.4, -0.2) is 56.4 Å². The summed E-state index contributed by atoms with van der Waals surface area (Å²) in [6, 6.07) is 7.87. The molecule has 0 spiro atoms. The Bertz CT molecular complexity index is 967. The van der Waals surface area contributed by atoms with E-state index in [-0.39, 0.29) is 24.0 Å². The highest BCUT2D eigenvalue weighted by atomic mass is 32.2. The fourth-order valence-corrected chi connectivity index (χ4v) is 4.69. The second-order valence-corrected chi connectivity index (χ2v) is 9.30. The number of amides is 1. The lowest BCUT2D eigenvalue weighted by atomic mass is 10.1. The molecule has 4 rings (SSSR count). The molecule has 156 valence electrons. The Labute approximate surface area is 170 Å². The van der Waals surface area contributed by atoms with Crippen molar-refractivity contribution in [3.05, 3.63) is 42.4 Å². The van der Waals surface area contributed by atoms with Crippen LogP contribution in [0.5, 0.6) is 11.5 Å². The largest absolute Gasteiger partial charge is 0.485 e. The molecule has 2 aliphatic rings. The summed E-state index contributed by atoms with van der Waals surface area (Å²) in [5.74, 6) is 1.16. The minimum absolute atomic E-state index is 0.0636. The van der Waals surface area contributed by atoms with Crippen LogP contribution in [0.15, 0.2) is 45.9 Å². The lowest BCUT2D eigenvalue weighted by Crippen LogP contribution is -2.48. The Balaban J connectivity index is 1.47. The van der Waals surface area contributed by atoms with Crippen molar-refractivity contribution in [2.24, 2.45) is 0 Å². The number of furan rings is 1. The molecule has 3 heterocycles. The number of ether oxygens (including phenoxy) is 2. The van der Waals surface area contributed by atoms with Gasteiger partial charge in [0, 0.05) is 26.2 Å². The molecule has 9 heteroatoms. The van der Waals surface area contributed by atoms with Gasteiger partial charge < -0.3 is 18.8 Å². The van der Waals surface area contributed by atoms with Gasteiger partial charge in [0.15, 0.2) is 11.5 Å². The molecule has 0 unspecified atom stereocenters. The monoisotopic (exact) mass is 420 g/mol. The van der Waals surface area contributed by atoms with Crippen LogP contribution in [0.4, 0.5) is 0 Å². The molecule has 2 aromatic rings. The smallest absolute Gasteiger partial charge is 0.267 e. The number of sulfonamides is 1. The Hall–Kier alpha value is -2.52. The van der Waals surface area contributed by atoms with E-state index in [4.69, 9.17) is 13.9 Å². The van der Waals surface area contributed by atoms with Gasteiger partial charge in [-0.25, -0.2) is 8.42 Å². The van der Waals surface area contributed by atoms with Crippen molar-refractivity contribution in [2.75, 3.05) is 26.7 Å². The lowest BCUT2D eigenvalue weighted by molar-refractivity contribution is -0.142. The third-order valence-electron chi connectivity index (χ3n) is 5.18. The van der Waals surface area contributed by atoms with Crippen LogP contribution in [0.3, 0.4) is 0 Å². The van der Waals surface area contributed by atoms with Crippen molar-refractivity contribution in [2.45, 2.75) is 36.8 Å². The summed E-state index contributed by atoms with van der Waals surface area (Å²) in [5.41, 5.74) is 0. The van der Waals surface area contributed by atoms with Crippen molar-refractivity contribution in [3.63, 3.8) is 0 Å². The molecule has 0 aliphatic carbocycles. The molecule has 1 atom stereocenters. The van der Waals surface area contributed by atoms with Crippen molar-refractivity contribution < 1.29 is 27.1 Å². The fourth-order valence-electron chi connectivity index (χ4n) is 3.54. The average molecular weight is 420 g/mol. The highest BCUT2D eigenvalue weighted by Crippen LogP contribution is 2.35. The topological polar surface area (TPSA) is 89.3 Å². The number of fused-ring (bicyclic) bond motifs is 1. The molecule has 1 fully saturated rings. The number of piperidine rings is 1. The molecule has 2 aliphatic heterocycles. The van der Waals surface area contributed by atoms with Gasteiger partial charge in [-0.2, -0.15) is 4.31 Å². The third-order valence-corrected chi connectivity index (χ3v) is 6.98. The van der Waals surface area contributed by atoms with Crippen molar-refractivity contribution in [3.8, 4) is 11.5 Å². The number of hydrogen-bond donors (Lipinski definition) is 0. The van der Waals surface area contributed by atoms with Gasteiger partial charge in [0.25, 0.3) is 5.91 Å². The van der Waals surface area contributed by atoms with E-state index >= 15 is 0 Å². The first-order valence-corrected chi connectivity index (χ1v) is 11.1. The van der Waals surface area contributed by atoms with Crippen molar-refractivity contribution in [1.82, 2.24) is 9.21 Å². The Morgan fingerprint density at radius 3 is 2.69 bits per heavy atom. The Morgan fingerprint density at radius 1 is 1.17 bits per heavy atom. The van der Waals surface area contributed by atoms with Gasteiger partial charge in [-0.1, -0.05) is 0 Å². The van der Waals surface area contributed by atoms with Crippen molar-refractivity contribution in [1.29, 1.82) is 0 Å². The minimum Gasteiger partial charge on any atom is -0.485 e. The van der Waals surface area contributed by atoms with Gasteiger partial charge in [-0.15, -0.1) is 0 Å². The van der Waals surface area contributed by atoms with Gasteiger partial charge in [0.2, 0.25) is 16.1 Å². The van der Waals surface area contributed by atoms with Crippen LogP contribution in [0, 0.1) is 0 Å². The third kappa shape index (κ3) is 4.11. The van der Waals surface area contributed by atoms with Crippen molar-refractivity contribution >= 4 is 15.9 Å². The number of carbonyl (C=O) groups is 1. The molecule has 0 N–H and O–H groups in total. The van der Waals surface area contributed by atoms with Gasteiger partial charge in [0.1, 0.15) is 12.4 Å². The van der Waals surface area contributed by atoms with Gasteiger partial charge >= 0.3 is 0 Å².